The van der Waals surface area contributed by atoms with Crippen molar-refractivity contribution in [2.24, 2.45) is 23.2 Å². The minimum Gasteiger partial charge on any atom is -0.481 e. The molecule has 92 valence electrons. The molecule has 0 spiro atoms. The van der Waals surface area contributed by atoms with E-state index in [-0.39, 0.29) is 17.8 Å². The van der Waals surface area contributed by atoms with Crippen molar-refractivity contribution in [3.05, 3.63) is 0 Å². The average Bonchev–Trinajstić information content (AvgIpc) is 2.15. The van der Waals surface area contributed by atoms with Crippen LogP contribution in [0.4, 0.5) is 0 Å². The average molecular weight is 228 g/mol. The van der Waals surface area contributed by atoms with Gasteiger partial charge in [0.05, 0.1) is 11.8 Å². The molecule has 2 N–H and O–H groups in total. The van der Waals surface area contributed by atoms with Gasteiger partial charge in [-0.15, -0.1) is 0 Å². The second-order valence-corrected chi connectivity index (χ2v) is 5.84. The van der Waals surface area contributed by atoms with Gasteiger partial charge in [0, 0.05) is 0 Å². The van der Waals surface area contributed by atoms with Crippen LogP contribution in [0.5, 0.6) is 0 Å². The zero-order valence-corrected chi connectivity index (χ0v) is 10.1. The van der Waals surface area contributed by atoms with E-state index in [9.17, 15) is 9.59 Å². The summed E-state index contributed by atoms with van der Waals surface area (Å²) in [7, 11) is 0. The number of hydrogen-bond donors (Lipinski definition) is 2. The van der Waals surface area contributed by atoms with Crippen LogP contribution < -0.4 is 0 Å². The fourth-order valence-corrected chi connectivity index (χ4v) is 2.43. The van der Waals surface area contributed by atoms with E-state index in [1.165, 1.54) is 0 Å². The van der Waals surface area contributed by atoms with Crippen molar-refractivity contribution in [3.63, 3.8) is 0 Å². The van der Waals surface area contributed by atoms with Gasteiger partial charge in [-0.05, 0) is 30.6 Å². The standard InChI is InChI=1S/C12H20O4/c1-12(2,3)9-5-7(10(13)14)4-8(6-9)11(15)16/h7-9H,4-6H2,1-3H3,(H,13,14)(H,15,16). The molecule has 1 fully saturated rings. The Bertz CT molecular complexity index is 268. The molecule has 4 nitrogen and oxygen atoms in total. The van der Waals surface area contributed by atoms with Crippen molar-refractivity contribution < 1.29 is 19.8 Å². The summed E-state index contributed by atoms with van der Waals surface area (Å²) >= 11 is 0. The van der Waals surface area contributed by atoms with Crippen LogP contribution in [0.2, 0.25) is 0 Å². The number of carbonyl (C=O) groups is 2. The topological polar surface area (TPSA) is 74.6 Å². The van der Waals surface area contributed by atoms with E-state index in [1.807, 2.05) is 20.8 Å². The maximum atomic E-state index is 11.0. The first kappa shape index (κ1) is 13.0. The zero-order chi connectivity index (χ0) is 12.5. The molecular formula is C12H20O4. The summed E-state index contributed by atoms with van der Waals surface area (Å²) in [4.78, 5) is 22.0. The lowest BCUT2D eigenvalue weighted by Gasteiger charge is -2.38. The normalized spacial score (nSPS) is 31.1. The second kappa shape index (κ2) is 4.44. The maximum absolute atomic E-state index is 11.0. The van der Waals surface area contributed by atoms with Crippen molar-refractivity contribution in [3.8, 4) is 0 Å². The first-order chi connectivity index (χ1) is 7.21. The van der Waals surface area contributed by atoms with Crippen LogP contribution in [0.25, 0.3) is 0 Å². The van der Waals surface area contributed by atoms with Gasteiger partial charge in [-0.2, -0.15) is 0 Å². The van der Waals surface area contributed by atoms with Gasteiger partial charge in [0.1, 0.15) is 0 Å². The van der Waals surface area contributed by atoms with E-state index in [4.69, 9.17) is 10.2 Å². The van der Waals surface area contributed by atoms with E-state index in [0.29, 0.717) is 12.8 Å². The highest BCUT2D eigenvalue weighted by Gasteiger charge is 2.40. The number of carboxylic acid groups (broad SMARTS) is 2. The SMILES string of the molecule is CC(C)(C)C1CC(C(=O)O)CC(C(=O)O)C1. The largest absolute Gasteiger partial charge is 0.481 e. The summed E-state index contributed by atoms with van der Waals surface area (Å²) in [5.41, 5.74) is -0.0260. The highest BCUT2D eigenvalue weighted by atomic mass is 16.4. The second-order valence-electron chi connectivity index (χ2n) is 5.84. The van der Waals surface area contributed by atoms with Crippen LogP contribution in [-0.2, 0) is 9.59 Å². The van der Waals surface area contributed by atoms with Crippen molar-refractivity contribution in [2.45, 2.75) is 40.0 Å². The third-order valence-electron chi connectivity index (χ3n) is 3.63. The highest BCUT2D eigenvalue weighted by Crippen LogP contribution is 2.42. The molecule has 2 atom stereocenters. The fourth-order valence-electron chi connectivity index (χ4n) is 2.43. The Labute approximate surface area is 95.7 Å². The Morgan fingerprint density at radius 1 is 0.938 bits per heavy atom. The molecule has 0 saturated heterocycles. The number of carboxylic acids is 2. The van der Waals surface area contributed by atoms with Crippen molar-refractivity contribution in [2.75, 3.05) is 0 Å². The Morgan fingerprint density at radius 2 is 1.31 bits per heavy atom. The van der Waals surface area contributed by atoms with Gasteiger partial charge in [-0.25, -0.2) is 0 Å². The molecule has 0 radical (unpaired) electrons. The summed E-state index contributed by atoms with van der Waals surface area (Å²) in [6.07, 6.45) is 1.47. The molecule has 1 aliphatic carbocycles. The number of hydrogen-bond acceptors (Lipinski definition) is 2. The molecule has 0 amide bonds. The molecule has 0 bridgehead atoms. The van der Waals surface area contributed by atoms with Gasteiger partial charge in [-0.1, -0.05) is 20.8 Å². The highest BCUT2D eigenvalue weighted by molar-refractivity contribution is 5.74. The van der Waals surface area contributed by atoms with Gasteiger partial charge in [-0.3, -0.25) is 9.59 Å². The Hall–Kier alpha value is -1.06. The summed E-state index contributed by atoms with van der Waals surface area (Å²) in [6, 6.07) is 0. The molecule has 0 aromatic heterocycles. The van der Waals surface area contributed by atoms with Crippen molar-refractivity contribution >= 4 is 11.9 Å². The molecule has 4 heteroatoms. The Kier molecular flexibility index (Phi) is 3.61. The van der Waals surface area contributed by atoms with Crippen LogP contribution in [0, 0.1) is 23.2 Å². The van der Waals surface area contributed by atoms with E-state index in [1.54, 1.807) is 0 Å². The van der Waals surface area contributed by atoms with Gasteiger partial charge >= 0.3 is 11.9 Å². The van der Waals surface area contributed by atoms with E-state index < -0.39 is 23.8 Å². The quantitative estimate of drug-likeness (QED) is 0.760. The van der Waals surface area contributed by atoms with Crippen molar-refractivity contribution in [1.29, 1.82) is 0 Å². The molecule has 1 rings (SSSR count). The molecule has 16 heavy (non-hydrogen) atoms. The summed E-state index contributed by atoms with van der Waals surface area (Å²) < 4.78 is 0. The Morgan fingerprint density at radius 3 is 1.56 bits per heavy atom. The smallest absolute Gasteiger partial charge is 0.306 e. The summed E-state index contributed by atoms with van der Waals surface area (Å²) in [5.74, 6) is -2.55. The van der Waals surface area contributed by atoms with Crippen LogP contribution in [0.15, 0.2) is 0 Å². The predicted octanol–water partition coefficient (Wildman–Crippen LogP) is 2.23. The molecular weight excluding hydrogens is 208 g/mol. The lowest BCUT2D eigenvalue weighted by Crippen LogP contribution is -2.36. The first-order valence-electron chi connectivity index (χ1n) is 5.67. The molecule has 1 saturated carbocycles. The first-order valence-corrected chi connectivity index (χ1v) is 5.67. The minimum atomic E-state index is -0.861. The summed E-state index contributed by atoms with van der Waals surface area (Å²) in [5, 5.41) is 18.1. The monoisotopic (exact) mass is 228 g/mol. The minimum absolute atomic E-state index is 0.0260. The number of rotatable bonds is 2. The Balaban J connectivity index is 2.82. The van der Waals surface area contributed by atoms with Crippen LogP contribution >= 0.6 is 0 Å². The van der Waals surface area contributed by atoms with Crippen LogP contribution in [-0.4, -0.2) is 22.2 Å². The third kappa shape index (κ3) is 2.97. The summed E-state index contributed by atoms with van der Waals surface area (Å²) in [6.45, 7) is 6.13. The maximum Gasteiger partial charge on any atom is 0.306 e. The lowest BCUT2D eigenvalue weighted by molar-refractivity contribution is -0.150. The van der Waals surface area contributed by atoms with Crippen LogP contribution in [0.1, 0.15) is 40.0 Å². The molecule has 2 unspecified atom stereocenters. The van der Waals surface area contributed by atoms with Gasteiger partial charge < -0.3 is 10.2 Å². The van der Waals surface area contributed by atoms with E-state index in [0.717, 1.165) is 0 Å². The van der Waals surface area contributed by atoms with Crippen molar-refractivity contribution in [1.82, 2.24) is 0 Å². The zero-order valence-electron chi connectivity index (χ0n) is 10.1. The molecule has 0 aromatic rings. The molecule has 1 aliphatic rings. The molecule has 0 aromatic carbocycles. The third-order valence-corrected chi connectivity index (χ3v) is 3.63. The predicted molar refractivity (Wildman–Crippen MR) is 59.0 cm³/mol. The van der Waals surface area contributed by atoms with Crippen LogP contribution in [0.3, 0.4) is 0 Å². The van der Waals surface area contributed by atoms with Gasteiger partial charge in [0.25, 0.3) is 0 Å². The molecule has 0 heterocycles. The van der Waals surface area contributed by atoms with E-state index >= 15 is 0 Å². The lowest BCUT2D eigenvalue weighted by atomic mass is 9.66. The number of aliphatic carboxylic acids is 2. The van der Waals surface area contributed by atoms with Gasteiger partial charge in [0.2, 0.25) is 0 Å². The molecule has 0 aliphatic heterocycles. The van der Waals surface area contributed by atoms with E-state index in [2.05, 4.69) is 0 Å². The van der Waals surface area contributed by atoms with Gasteiger partial charge in [0.15, 0.2) is 0 Å². The fraction of sp³-hybridized carbons (Fsp3) is 0.833.